The van der Waals surface area contributed by atoms with Crippen LogP contribution in [0.2, 0.25) is 23.2 Å². The first kappa shape index (κ1) is 15.9. The quantitative estimate of drug-likeness (QED) is 0.653. The average molecular weight is 302 g/mol. The molecule has 0 aliphatic heterocycles. The number of hydrogen-bond acceptors (Lipinski definition) is 3. The summed E-state index contributed by atoms with van der Waals surface area (Å²) in [5, 5.41) is 9.16. The van der Waals surface area contributed by atoms with Gasteiger partial charge in [-0.1, -0.05) is 32.4 Å². The Kier molecular flexibility index (Phi) is 4.22. The van der Waals surface area contributed by atoms with Crippen molar-refractivity contribution in [1.29, 1.82) is 0 Å². The first-order valence-electron chi connectivity index (χ1n) is 5.97. The maximum atomic E-state index is 11.1. The van der Waals surface area contributed by atoms with Gasteiger partial charge >= 0.3 is 5.97 Å². The third-order valence-corrected chi connectivity index (χ3v) is 8.26. The van der Waals surface area contributed by atoms with Gasteiger partial charge in [-0.25, -0.2) is 4.79 Å². The van der Waals surface area contributed by atoms with Gasteiger partial charge in [0.05, 0.1) is 16.3 Å². The molecule has 0 aliphatic rings. The van der Waals surface area contributed by atoms with Crippen LogP contribution in [0.4, 0.5) is 5.69 Å². The van der Waals surface area contributed by atoms with E-state index < -0.39 is 14.3 Å². The summed E-state index contributed by atoms with van der Waals surface area (Å²) in [6, 6.07) is 3.01. The molecule has 1 rings (SSSR count). The lowest BCUT2D eigenvalue weighted by atomic mass is 10.2. The van der Waals surface area contributed by atoms with E-state index in [1.54, 1.807) is 6.07 Å². The van der Waals surface area contributed by atoms with E-state index in [0.29, 0.717) is 5.75 Å². The van der Waals surface area contributed by atoms with E-state index in [9.17, 15) is 4.79 Å². The molecule has 19 heavy (non-hydrogen) atoms. The lowest BCUT2D eigenvalue weighted by Gasteiger charge is -2.36. The average Bonchev–Trinajstić information content (AvgIpc) is 2.20. The van der Waals surface area contributed by atoms with Crippen LogP contribution < -0.4 is 10.2 Å². The van der Waals surface area contributed by atoms with Gasteiger partial charge in [-0.2, -0.15) is 0 Å². The number of anilines is 1. The standard InChI is InChI=1S/C13H20ClNO3Si/c1-13(2,3)19(4,5)18-8-6-9(12(16)17)11(14)10(15)7-8/h6-7H,15H2,1-5H3,(H,16,17). The molecular weight excluding hydrogens is 282 g/mol. The van der Waals surface area contributed by atoms with Crippen molar-refractivity contribution in [2.75, 3.05) is 5.73 Å². The predicted molar refractivity (Wildman–Crippen MR) is 80.6 cm³/mol. The zero-order valence-corrected chi connectivity index (χ0v) is 13.6. The van der Waals surface area contributed by atoms with Crippen molar-refractivity contribution in [2.24, 2.45) is 0 Å². The molecule has 4 nitrogen and oxygen atoms in total. The molecule has 1 aromatic carbocycles. The van der Waals surface area contributed by atoms with Crippen molar-refractivity contribution < 1.29 is 14.3 Å². The highest BCUT2D eigenvalue weighted by atomic mass is 35.5. The van der Waals surface area contributed by atoms with Crippen LogP contribution in [0.25, 0.3) is 0 Å². The molecule has 1 aromatic rings. The lowest BCUT2D eigenvalue weighted by Crippen LogP contribution is -2.43. The van der Waals surface area contributed by atoms with Crippen molar-refractivity contribution in [1.82, 2.24) is 0 Å². The van der Waals surface area contributed by atoms with Gasteiger partial charge in [-0.15, -0.1) is 0 Å². The molecule has 0 bridgehead atoms. The second-order valence-corrected chi connectivity index (χ2v) is 11.1. The molecular formula is C13H20ClNO3Si. The third kappa shape index (κ3) is 3.42. The summed E-state index contributed by atoms with van der Waals surface area (Å²) < 4.78 is 6.03. The Labute approximate surface area is 119 Å². The van der Waals surface area contributed by atoms with Gasteiger partial charge in [0.15, 0.2) is 0 Å². The van der Waals surface area contributed by atoms with Crippen molar-refractivity contribution in [3.63, 3.8) is 0 Å². The fraction of sp³-hybridized carbons (Fsp3) is 0.462. The molecule has 0 atom stereocenters. The fourth-order valence-corrected chi connectivity index (χ4v) is 2.48. The minimum Gasteiger partial charge on any atom is -0.543 e. The van der Waals surface area contributed by atoms with Crippen molar-refractivity contribution in [3.05, 3.63) is 22.7 Å². The van der Waals surface area contributed by atoms with E-state index in [1.807, 2.05) is 0 Å². The number of halogens is 1. The summed E-state index contributed by atoms with van der Waals surface area (Å²) in [5.74, 6) is -0.650. The summed E-state index contributed by atoms with van der Waals surface area (Å²) in [7, 11) is -2.04. The highest BCUT2D eigenvalue weighted by Gasteiger charge is 2.39. The van der Waals surface area contributed by atoms with E-state index in [1.165, 1.54) is 6.07 Å². The van der Waals surface area contributed by atoms with E-state index in [0.717, 1.165) is 0 Å². The molecule has 0 aliphatic carbocycles. The first-order chi connectivity index (χ1) is 8.45. The van der Waals surface area contributed by atoms with Gasteiger partial charge in [0.2, 0.25) is 8.32 Å². The van der Waals surface area contributed by atoms with Crippen LogP contribution in [0.15, 0.2) is 12.1 Å². The summed E-state index contributed by atoms with van der Waals surface area (Å²) in [6.45, 7) is 10.5. The van der Waals surface area contributed by atoms with Gasteiger partial charge in [-0.05, 0) is 24.2 Å². The summed E-state index contributed by atoms with van der Waals surface area (Å²) in [4.78, 5) is 11.1. The molecule has 0 fully saturated rings. The minimum absolute atomic E-state index is 0.0186. The third-order valence-electron chi connectivity index (χ3n) is 3.48. The molecule has 0 unspecified atom stereocenters. The molecule has 0 saturated carbocycles. The highest BCUT2D eigenvalue weighted by molar-refractivity contribution is 6.74. The minimum atomic E-state index is -2.04. The van der Waals surface area contributed by atoms with Gasteiger partial charge in [0, 0.05) is 6.07 Å². The fourth-order valence-electron chi connectivity index (χ4n) is 1.28. The monoisotopic (exact) mass is 301 g/mol. The van der Waals surface area contributed by atoms with Crippen LogP contribution in [0.3, 0.4) is 0 Å². The molecule has 106 valence electrons. The Morgan fingerprint density at radius 3 is 2.32 bits per heavy atom. The number of carboxylic acid groups (broad SMARTS) is 1. The zero-order chi connectivity index (χ0) is 15.0. The lowest BCUT2D eigenvalue weighted by molar-refractivity contribution is 0.0697. The van der Waals surface area contributed by atoms with Crippen LogP contribution in [0.1, 0.15) is 31.1 Å². The van der Waals surface area contributed by atoms with E-state index in [2.05, 4.69) is 33.9 Å². The molecule has 0 heterocycles. The van der Waals surface area contributed by atoms with Crippen LogP contribution in [0.5, 0.6) is 5.75 Å². The van der Waals surface area contributed by atoms with Crippen molar-refractivity contribution in [2.45, 2.75) is 38.9 Å². The second-order valence-electron chi connectivity index (χ2n) is 6.04. The number of hydrogen-bond donors (Lipinski definition) is 2. The van der Waals surface area contributed by atoms with Crippen LogP contribution in [-0.2, 0) is 0 Å². The number of carboxylic acids is 1. The summed E-state index contributed by atoms with van der Waals surface area (Å²) >= 11 is 5.87. The number of nitrogens with two attached hydrogens (primary N) is 1. The summed E-state index contributed by atoms with van der Waals surface area (Å²) in [5.41, 5.74) is 5.91. The molecule has 0 radical (unpaired) electrons. The first-order valence-corrected chi connectivity index (χ1v) is 9.25. The Bertz CT molecular complexity index is 509. The number of rotatable bonds is 3. The Balaban J connectivity index is 3.21. The topological polar surface area (TPSA) is 72.5 Å². The van der Waals surface area contributed by atoms with Crippen LogP contribution >= 0.6 is 11.6 Å². The smallest absolute Gasteiger partial charge is 0.337 e. The maximum absolute atomic E-state index is 11.1. The van der Waals surface area contributed by atoms with E-state index in [4.69, 9.17) is 26.9 Å². The van der Waals surface area contributed by atoms with E-state index in [-0.39, 0.29) is 21.3 Å². The molecule has 0 aromatic heterocycles. The number of aromatic carboxylic acids is 1. The van der Waals surface area contributed by atoms with Crippen molar-refractivity contribution in [3.8, 4) is 5.75 Å². The van der Waals surface area contributed by atoms with E-state index >= 15 is 0 Å². The zero-order valence-electron chi connectivity index (χ0n) is 11.9. The number of benzene rings is 1. The van der Waals surface area contributed by atoms with Gasteiger partial charge < -0.3 is 15.3 Å². The van der Waals surface area contributed by atoms with Gasteiger partial charge in [0.1, 0.15) is 5.75 Å². The molecule has 0 saturated heterocycles. The largest absolute Gasteiger partial charge is 0.543 e. The Hall–Kier alpha value is -1.20. The molecule has 6 heteroatoms. The molecule has 0 spiro atoms. The SMILES string of the molecule is CC(C)(C)[Si](C)(C)Oc1cc(N)c(Cl)c(C(=O)O)c1. The van der Waals surface area contributed by atoms with Crippen LogP contribution in [0, 0.1) is 0 Å². The Morgan fingerprint density at radius 1 is 1.37 bits per heavy atom. The van der Waals surface area contributed by atoms with Gasteiger partial charge in [-0.3, -0.25) is 0 Å². The maximum Gasteiger partial charge on any atom is 0.337 e. The second kappa shape index (κ2) is 5.05. The number of nitrogen functional groups attached to an aromatic ring is 1. The summed E-state index contributed by atoms with van der Waals surface area (Å²) in [6.07, 6.45) is 0. The van der Waals surface area contributed by atoms with Crippen LogP contribution in [-0.4, -0.2) is 19.4 Å². The highest BCUT2D eigenvalue weighted by Crippen LogP contribution is 2.39. The molecule has 3 N–H and O–H groups in total. The number of carbonyl (C=O) groups is 1. The Morgan fingerprint density at radius 2 is 1.89 bits per heavy atom. The van der Waals surface area contributed by atoms with Crippen molar-refractivity contribution >= 4 is 31.6 Å². The predicted octanol–water partition coefficient (Wildman–Crippen LogP) is 4.00. The molecule has 0 amide bonds. The van der Waals surface area contributed by atoms with Gasteiger partial charge in [0.25, 0.3) is 0 Å². The normalized spacial score (nSPS) is 12.3.